The normalized spacial score (nSPS) is 23.3. The molecule has 0 spiro atoms. The number of ketones is 1. The number of nitrogens with zero attached hydrogens (tertiary/aromatic N) is 2. The number of hydrogen-bond donors (Lipinski definition) is 0. The minimum Gasteiger partial charge on any atom is -0.444 e. The van der Waals surface area contributed by atoms with Crippen LogP contribution in [-0.4, -0.2) is 47.6 Å². The van der Waals surface area contributed by atoms with E-state index in [2.05, 4.69) is 4.90 Å². The third-order valence-corrected chi connectivity index (χ3v) is 4.47. The Hall–Kier alpha value is -2.04. The molecular weight excluding hydrogens is 292 g/mol. The zero-order valence-corrected chi connectivity index (χ0v) is 14.2. The largest absolute Gasteiger partial charge is 0.444 e. The van der Waals surface area contributed by atoms with Crippen molar-refractivity contribution in [3.05, 3.63) is 29.8 Å². The minimum absolute atomic E-state index is 0.0793. The lowest BCUT2D eigenvalue weighted by Gasteiger charge is -2.36. The number of rotatable bonds is 2. The minimum atomic E-state index is -0.457. The fourth-order valence-corrected chi connectivity index (χ4v) is 3.41. The van der Waals surface area contributed by atoms with E-state index in [-0.39, 0.29) is 17.9 Å². The summed E-state index contributed by atoms with van der Waals surface area (Å²) in [6.07, 6.45) is 0.768. The van der Waals surface area contributed by atoms with Crippen LogP contribution < -0.4 is 4.90 Å². The van der Waals surface area contributed by atoms with E-state index in [1.165, 1.54) is 0 Å². The number of benzene rings is 1. The van der Waals surface area contributed by atoms with Crippen molar-refractivity contribution in [2.24, 2.45) is 0 Å². The number of likely N-dealkylation sites (tertiary alicyclic amines) is 1. The summed E-state index contributed by atoms with van der Waals surface area (Å²) in [7, 11) is 0. The first-order valence-corrected chi connectivity index (χ1v) is 8.12. The summed E-state index contributed by atoms with van der Waals surface area (Å²) < 4.78 is 5.49. The van der Waals surface area contributed by atoms with E-state index in [0.717, 1.165) is 24.2 Å². The van der Waals surface area contributed by atoms with Crippen LogP contribution >= 0.6 is 0 Å². The van der Waals surface area contributed by atoms with Gasteiger partial charge in [-0.05, 0) is 58.4 Å². The van der Waals surface area contributed by atoms with Crippen molar-refractivity contribution in [1.82, 2.24) is 4.90 Å². The maximum Gasteiger partial charge on any atom is 0.410 e. The van der Waals surface area contributed by atoms with E-state index < -0.39 is 5.60 Å². The molecule has 0 radical (unpaired) electrons. The fourth-order valence-electron chi connectivity index (χ4n) is 3.41. The van der Waals surface area contributed by atoms with E-state index in [9.17, 15) is 9.59 Å². The molecule has 1 aromatic rings. The molecule has 0 aromatic heterocycles. The van der Waals surface area contributed by atoms with Crippen LogP contribution in [0.2, 0.25) is 0 Å². The Balaban J connectivity index is 1.66. The molecule has 2 aliphatic rings. The predicted octanol–water partition coefficient (Wildman–Crippen LogP) is 3.09. The van der Waals surface area contributed by atoms with Crippen LogP contribution in [0.25, 0.3) is 0 Å². The number of piperazine rings is 1. The van der Waals surface area contributed by atoms with Crippen molar-refractivity contribution in [3.8, 4) is 0 Å². The summed E-state index contributed by atoms with van der Waals surface area (Å²) >= 11 is 0. The second kappa shape index (κ2) is 5.55. The number of carbonyl (C=O) groups is 2. The predicted molar refractivity (Wildman–Crippen MR) is 88.9 cm³/mol. The van der Waals surface area contributed by atoms with Crippen LogP contribution in [0, 0.1) is 0 Å². The van der Waals surface area contributed by atoms with E-state index >= 15 is 0 Å². The average Bonchev–Trinajstić information content (AvgIpc) is 3.05. The Morgan fingerprint density at radius 3 is 2.22 bits per heavy atom. The van der Waals surface area contributed by atoms with Gasteiger partial charge in [0.1, 0.15) is 5.60 Å². The van der Waals surface area contributed by atoms with Crippen molar-refractivity contribution in [3.63, 3.8) is 0 Å². The summed E-state index contributed by atoms with van der Waals surface area (Å²) in [6, 6.07) is 8.27. The number of Topliss-reactive ketones (excluding diaryl/α,β-unsaturated/α-hetero) is 1. The molecule has 1 amide bonds. The third-order valence-electron chi connectivity index (χ3n) is 4.47. The quantitative estimate of drug-likeness (QED) is 0.787. The molecule has 0 saturated carbocycles. The Morgan fingerprint density at radius 2 is 1.74 bits per heavy atom. The highest BCUT2D eigenvalue weighted by Gasteiger charge is 2.46. The number of ether oxygens (including phenoxy) is 1. The van der Waals surface area contributed by atoms with Gasteiger partial charge in [0.25, 0.3) is 0 Å². The van der Waals surface area contributed by atoms with Gasteiger partial charge >= 0.3 is 6.09 Å². The van der Waals surface area contributed by atoms with Gasteiger partial charge in [0, 0.05) is 30.4 Å². The lowest BCUT2D eigenvalue weighted by Crippen LogP contribution is -2.50. The van der Waals surface area contributed by atoms with Gasteiger partial charge in [-0.3, -0.25) is 4.79 Å². The van der Waals surface area contributed by atoms with Gasteiger partial charge in [-0.1, -0.05) is 0 Å². The van der Waals surface area contributed by atoms with Crippen LogP contribution in [0.3, 0.4) is 0 Å². The first kappa shape index (κ1) is 15.8. The van der Waals surface area contributed by atoms with Crippen LogP contribution in [-0.2, 0) is 4.74 Å². The second-order valence-corrected chi connectivity index (χ2v) is 7.43. The molecule has 0 unspecified atom stereocenters. The zero-order chi connectivity index (χ0) is 16.8. The third kappa shape index (κ3) is 3.19. The molecule has 5 heteroatoms. The molecule has 5 nitrogen and oxygen atoms in total. The maximum absolute atomic E-state index is 12.3. The Labute approximate surface area is 137 Å². The molecule has 124 valence electrons. The topological polar surface area (TPSA) is 49.9 Å². The summed E-state index contributed by atoms with van der Waals surface area (Å²) in [5.41, 5.74) is 1.39. The molecular formula is C18H24N2O3. The van der Waals surface area contributed by atoms with Gasteiger partial charge in [-0.15, -0.1) is 0 Å². The number of carbonyl (C=O) groups excluding carboxylic acids is 2. The smallest absolute Gasteiger partial charge is 0.410 e. The molecule has 2 bridgehead atoms. The van der Waals surface area contributed by atoms with E-state index in [0.29, 0.717) is 12.6 Å². The molecule has 2 heterocycles. The zero-order valence-electron chi connectivity index (χ0n) is 14.2. The number of hydrogen-bond acceptors (Lipinski definition) is 4. The Bertz CT molecular complexity index is 618. The molecule has 23 heavy (non-hydrogen) atoms. The van der Waals surface area contributed by atoms with Gasteiger partial charge in [-0.2, -0.15) is 0 Å². The average molecular weight is 316 g/mol. The van der Waals surface area contributed by atoms with Crippen LogP contribution in [0.5, 0.6) is 0 Å². The van der Waals surface area contributed by atoms with Gasteiger partial charge in [0.2, 0.25) is 0 Å². The first-order valence-electron chi connectivity index (χ1n) is 8.12. The van der Waals surface area contributed by atoms with E-state index in [1.807, 2.05) is 49.9 Å². The molecule has 2 atom stereocenters. The SMILES string of the molecule is CC(=O)c1ccc(N2C[C@H]3C[C@@H]2CN3C(=O)OC(C)(C)C)cc1. The highest BCUT2D eigenvalue weighted by Crippen LogP contribution is 2.35. The van der Waals surface area contributed by atoms with Crippen LogP contribution in [0.1, 0.15) is 44.5 Å². The summed E-state index contributed by atoms with van der Waals surface area (Å²) in [4.78, 5) is 27.8. The molecule has 0 N–H and O–H groups in total. The highest BCUT2D eigenvalue weighted by molar-refractivity contribution is 5.94. The summed E-state index contributed by atoms with van der Waals surface area (Å²) in [6.45, 7) is 8.77. The first-order chi connectivity index (χ1) is 10.7. The van der Waals surface area contributed by atoms with Crippen molar-refractivity contribution in [2.45, 2.75) is 51.8 Å². The van der Waals surface area contributed by atoms with Crippen molar-refractivity contribution in [1.29, 1.82) is 0 Å². The summed E-state index contributed by atoms with van der Waals surface area (Å²) in [5.74, 6) is 0.0793. The summed E-state index contributed by atoms with van der Waals surface area (Å²) in [5, 5.41) is 0. The van der Waals surface area contributed by atoms with Gasteiger partial charge in [0.15, 0.2) is 5.78 Å². The lowest BCUT2D eigenvalue weighted by molar-refractivity contribution is 0.0214. The molecule has 3 rings (SSSR count). The monoisotopic (exact) mass is 316 g/mol. The highest BCUT2D eigenvalue weighted by atomic mass is 16.6. The van der Waals surface area contributed by atoms with Crippen LogP contribution in [0.15, 0.2) is 24.3 Å². The molecule has 2 saturated heterocycles. The molecule has 2 fully saturated rings. The number of anilines is 1. The molecule has 1 aromatic carbocycles. The number of amides is 1. The fraction of sp³-hybridized carbons (Fsp3) is 0.556. The van der Waals surface area contributed by atoms with Gasteiger partial charge < -0.3 is 14.5 Å². The Morgan fingerprint density at radius 1 is 1.09 bits per heavy atom. The van der Waals surface area contributed by atoms with Crippen molar-refractivity contribution >= 4 is 17.6 Å². The lowest BCUT2D eigenvalue weighted by atomic mass is 10.1. The molecule has 0 aliphatic carbocycles. The van der Waals surface area contributed by atoms with E-state index in [1.54, 1.807) is 6.92 Å². The van der Waals surface area contributed by atoms with Gasteiger partial charge in [-0.25, -0.2) is 4.79 Å². The van der Waals surface area contributed by atoms with Crippen molar-refractivity contribution in [2.75, 3.05) is 18.0 Å². The Kier molecular flexibility index (Phi) is 3.82. The standard InChI is InChI=1S/C18H24N2O3/c1-12(21)13-5-7-14(8-6-13)19-10-16-9-15(19)11-20(16)17(22)23-18(2,3)4/h5-8,15-16H,9-11H2,1-4H3/t15-,16-/m1/s1. The van der Waals surface area contributed by atoms with E-state index in [4.69, 9.17) is 4.74 Å². The van der Waals surface area contributed by atoms with Gasteiger partial charge in [0.05, 0.1) is 6.04 Å². The van der Waals surface area contributed by atoms with Crippen LogP contribution in [0.4, 0.5) is 10.5 Å². The molecule has 2 aliphatic heterocycles. The van der Waals surface area contributed by atoms with Crippen molar-refractivity contribution < 1.29 is 14.3 Å². The second-order valence-electron chi connectivity index (χ2n) is 7.43. The maximum atomic E-state index is 12.3. The number of fused-ring (bicyclic) bond motifs is 2.